The number of nitrogens with zero attached hydrogens (tertiary/aromatic N) is 2. The highest BCUT2D eigenvalue weighted by Crippen LogP contribution is 2.20. The minimum absolute atomic E-state index is 0.756. The van der Waals surface area contributed by atoms with E-state index in [1.807, 2.05) is 0 Å². The average Bonchev–Trinajstić information content (AvgIpc) is 2.47. The molecule has 0 N–H and O–H groups in total. The van der Waals surface area contributed by atoms with Crippen LogP contribution in [0.2, 0.25) is 0 Å². The van der Waals surface area contributed by atoms with Crippen LogP contribution in [0.5, 0.6) is 0 Å². The molecule has 0 saturated carbocycles. The van der Waals surface area contributed by atoms with Crippen molar-refractivity contribution in [2.24, 2.45) is 5.92 Å². The summed E-state index contributed by atoms with van der Waals surface area (Å²) in [6.07, 6.45) is 2.55. The first-order chi connectivity index (χ1) is 6.65. The molecular formula is C11H24N2S. The van der Waals surface area contributed by atoms with Gasteiger partial charge < -0.3 is 9.80 Å². The number of hydrogen-bond acceptors (Lipinski definition) is 3. The summed E-state index contributed by atoms with van der Waals surface area (Å²) in [7, 11) is 4.39. The Hall–Kier alpha value is 0.270. The second-order valence-corrected chi connectivity index (χ2v) is 5.15. The van der Waals surface area contributed by atoms with Gasteiger partial charge in [0.2, 0.25) is 0 Å². The van der Waals surface area contributed by atoms with E-state index in [1.54, 1.807) is 0 Å². The molecule has 0 aromatic rings. The van der Waals surface area contributed by atoms with E-state index < -0.39 is 0 Å². The fourth-order valence-electron chi connectivity index (χ4n) is 2.35. The Kier molecular flexibility index (Phi) is 5.28. The summed E-state index contributed by atoms with van der Waals surface area (Å²) in [5, 5.41) is 0. The van der Waals surface area contributed by atoms with Crippen LogP contribution in [-0.2, 0) is 0 Å². The van der Waals surface area contributed by atoms with E-state index in [2.05, 4.69) is 43.4 Å². The molecule has 1 rings (SSSR count). The topological polar surface area (TPSA) is 6.48 Å². The number of hydrogen-bond donors (Lipinski definition) is 1. The van der Waals surface area contributed by atoms with Gasteiger partial charge in [-0.05, 0) is 45.2 Å². The fraction of sp³-hybridized carbons (Fsp3) is 1.00. The Bertz CT molecular complexity index is 161. The highest BCUT2D eigenvalue weighted by Gasteiger charge is 2.30. The third kappa shape index (κ3) is 3.44. The van der Waals surface area contributed by atoms with Gasteiger partial charge in [0.1, 0.15) is 0 Å². The molecule has 1 aliphatic rings. The van der Waals surface area contributed by atoms with Crippen LogP contribution in [0.3, 0.4) is 0 Å². The van der Waals surface area contributed by atoms with Crippen molar-refractivity contribution < 1.29 is 0 Å². The predicted molar refractivity (Wildman–Crippen MR) is 66.2 cm³/mol. The molecular weight excluding hydrogens is 192 g/mol. The molecule has 3 heteroatoms. The molecule has 0 bridgehead atoms. The summed E-state index contributed by atoms with van der Waals surface area (Å²) in [5.74, 6) is 1.85. The molecule has 0 radical (unpaired) electrons. The molecule has 2 atom stereocenters. The van der Waals surface area contributed by atoms with E-state index in [0.717, 1.165) is 17.7 Å². The Labute approximate surface area is 94.1 Å². The molecule has 1 heterocycles. The van der Waals surface area contributed by atoms with Crippen molar-refractivity contribution in [3.05, 3.63) is 0 Å². The van der Waals surface area contributed by atoms with E-state index in [9.17, 15) is 0 Å². The van der Waals surface area contributed by atoms with Gasteiger partial charge in [-0.2, -0.15) is 12.6 Å². The van der Waals surface area contributed by atoms with Crippen molar-refractivity contribution in [2.45, 2.75) is 25.8 Å². The Morgan fingerprint density at radius 1 is 1.29 bits per heavy atom. The standard InChI is InChI=1S/C11H24N2S/c1-10-8-13(6-4-5-7-14)9-11(10)12(2)3/h10-11,14H,4-9H2,1-3H3. The van der Waals surface area contributed by atoms with Gasteiger partial charge in [0.05, 0.1) is 0 Å². The summed E-state index contributed by atoms with van der Waals surface area (Å²) < 4.78 is 0. The zero-order valence-electron chi connectivity index (χ0n) is 9.74. The second-order valence-electron chi connectivity index (χ2n) is 4.70. The monoisotopic (exact) mass is 216 g/mol. The van der Waals surface area contributed by atoms with E-state index in [1.165, 1.54) is 32.5 Å². The first-order valence-corrected chi connectivity index (χ1v) is 6.28. The van der Waals surface area contributed by atoms with E-state index >= 15 is 0 Å². The first-order valence-electron chi connectivity index (χ1n) is 5.64. The lowest BCUT2D eigenvalue weighted by Gasteiger charge is -2.22. The number of likely N-dealkylation sites (tertiary alicyclic amines) is 1. The van der Waals surface area contributed by atoms with Crippen LogP contribution in [0.1, 0.15) is 19.8 Å². The van der Waals surface area contributed by atoms with Crippen LogP contribution in [-0.4, -0.2) is 55.3 Å². The third-order valence-electron chi connectivity index (χ3n) is 3.19. The SMILES string of the molecule is CC1CN(CCCCS)CC1N(C)C. The molecule has 1 saturated heterocycles. The molecule has 0 amide bonds. The summed E-state index contributed by atoms with van der Waals surface area (Å²) in [6, 6.07) is 0.756. The molecule has 0 aliphatic carbocycles. The number of likely N-dealkylation sites (N-methyl/N-ethyl adjacent to an activating group) is 1. The zero-order valence-corrected chi connectivity index (χ0v) is 10.6. The van der Waals surface area contributed by atoms with Crippen LogP contribution < -0.4 is 0 Å². The van der Waals surface area contributed by atoms with Crippen LogP contribution in [0.15, 0.2) is 0 Å². The molecule has 84 valence electrons. The summed E-state index contributed by atoms with van der Waals surface area (Å²) >= 11 is 4.24. The molecule has 2 unspecified atom stereocenters. The minimum Gasteiger partial charge on any atom is -0.305 e. The molecule has 0 spiro atoms. The van der Waals surface area contributed by atoms with Gasteiger partial charge >= 0.3 is 0 Å². The Morgan fingerprint density at radius 2 is 2.00 bits per heavy atom. The fourth-order valence-corrected chi connectivity index (χ4v) is 2.57. The molecule has 0 aromatic heterocycles. The van der Waals surface area contributed by atoms with Crippen molar-refractivity contribution in [1.29, 1.82) is 0 Å². The van der Waals surface area contributed by atoms with Crippen LogP contribution in [0.4, 0.5) is 0 Å². The van der Waals surface area contributed by atoms with Gasteiger partial charge in [-0.25, -0.2) is 0 Å². The minimum atomic E-state index is 0.756. The molecule has 1 aliphatic heterocycles. The number of unbranched alkanes of at least 4 members (excludes halogenated alkanes) is 1. The maximum absolute atomic E-state index is 4.24. The summed E-state index contributed by atoms with van der Waals surface area (Å²) in [5.41, 5.74) is 0. The Morgan fingerprint density at radius 3 is 2.50 bits per heavy atom. The third-order valence-corrected chi connectivity index (χ3v) is 3.51. The lowest BCUT2D eigenvalue weighted by molar-refractivity contribution is 0.251. The zero-order chi connectivity index (χ0) is 10.6. The highest BCUT2D eigenvalue weighted by molar-refractivity contribution is 7.80. The van der Waals surface area contributed by atoms with E-state index in [-0.39, 0.29) is 0 Å². The smallest absolute Gasteiger partial charge is 0.0254 e. The maximum Gasteiger partial charge on any atom is 0.0254 e. The van der Waals surface area contributed by atoms with Crippen LogP contribution >= 0.6 is 12.6 Å². The van der Waals surface area contributed by atoms with Gasteiger partial charge in [0.15, 0.2) is 0 Å². The second kappa shape index (κ2) is 5.99. The number of rotatable bonds is 5. The van der Waals surface area contributed by atoms with Gasteiger partial charge in [-0.3, -0.25) is 0 Å². The molecule has 14 heavy (non-hydrogen) atoms. The summed E-state index contributed by atoms with van der Waals surface area (Å²) in [6.45, 7) is 6.15. The van der Waals surface area contributed by atoms with Crippen molar-refractivity contribution in [3.63, 3.8) is 0 Å². The van der Waals surface area contributed by atoms with Crippen LogP contribution in [0.25, 0.3) is 0 Å². The molecule has 2 nitrogen and oxygen atoms in total. The molecule has 0 aromatic carbocycles. The average molecular weight is 216 g/mol. The molecule has 1 fully saturated rings. The van der Waals surface area contributed by atoms with Crippen molar-refractivity contribution in [2.75, 3.05) is 39.5 Å². The van der Waals surface area contributed by atoms with E-state index in [0.29, 0.717) is 0 Å². The largest absolute Gasteiger partial charge is 0.305 e. The lowest BCUT2D eigenvalue weighted by Crippen LogP contribution is -2.34. The quantitative estimate of drug-likeness (QED) is 0.551. The normalized spacial score (nSPS) is 28.9. The van der Waals surface area contributed by atoms with Crippen LogP contribution in [0, 0.1) is 5.92 Å². The van der Waals surface area contributed by atoms with Gasteiger partial charge in [0.25, 0.3) is 0 Å². The van der Waals surface area contributed by atoms with Gasteiger partial charge in [-0.1, -0.05) is 6.92 Å². The van der Waals surface area contributed by atoms with Crippen molar-refractivity contribution in [3.8, 4) is 0 Å². The predicted octanol–water partition coefficient (Wildman–Crippen LogP) is 1.58. The number of thiol groups is 1. The van der Waals surface area contributed by atoms with Gasteiger partial charge in [0, 0.05) is 19.1 Å². The maximum atomic E-state index is 4.24. The highest BCUT2D eigenvalue weighted by atomic mass is 32.1. The Balaban J connectivity index is 2.24. The van der Waals surface area contributed by atoms with Gasteiger partial charge in [-0.15, -0.1) is 0 Å². The van der Waals surface area contributed by atoms with Crippen molar-refractivity contribution >= 4 is 12.6 Å². The lowest BCUT2D eigenvalue weighted by atomic mass is 10.1. The van der Waals surface area contributed by atoms with E-state index in [4.69, 9.17) is 0 Å². The first kappa shape index (κ1) is 12.3. The van der Waals surface area contributed by atoms with Crippen molar-refractivity contribution in [1.82, 2.24) is 9.80 Å². The summed E-state index contributed by atoms with van der Waals surface area (Å²) in [4.78, 5) is 4.96.